The van der Waals surface area contributed by atoms with Crippen LogP contribution in [0.3, 0.4) is 0 Å². The summed E-state index contributed by atoms with van der Waals surface area (Å²) in [5, 5.41) is 6.17. The topological polar surface area (TPSA) is 137 Å². The maximum atomic E-state index is 12.7. The number of rotatable bonds is 11. The number of anilines is 1. The average molecular weight is 527 g/mol. The standard InChI is InChI=1S/C28H38N4O4S/c1-16(2)12-23(27(34)36-20-8-5-6-9-20)31-11-7-10-21-17(3)13-19(14-18(21)4)24-15-22(25(29)33)26(37-24)32-28(30)35/h7,10,13-16,20,23,31H,5-6,8-9,11-12H2,1-4H3,(H2,29,33)(H3,30,32,35)/b10-7+/t23-/m0/s1. The molecule has 0 unspecified atom stereocenters. The van der Waals surface area contributed by atoms with Gasteiger partial charge in [0.25, 0.3) is 5.91 Å². The second kappa shape index (κ2) is 12.9. The van der Waals surface area contributed by atoms with Crippen LogP contribution in [0.5, 0.6) is 0 Å². The molecule has 3 rings (SSSR count). The number of nitrogens with one attached hydrogen (secondary N) is 2. The fraction of sp³-hybridized carbons (Fsp3) is 0.464. The molecule has 1 atom stereocenters. The van der Waals surface area contributed by atoms with Crippen LogP contribution in [0.4, 0.5) is 9.80 Å². The molecule has 1 fully saturated rings. The van der Waals surface area contributed by atoms with Crippen LogP contribution in [0.1, 0.15) is 73.0 Å². The number of thiophene rings is 1. The molecule has 9 heteroatoms. The molecular weight excluding hydrogens is 488 g/mol. The summed E-state index contributed by atoms with van der Waals surface area (Å²) in [5.41, 5.74) is 15.1. The Kier molecular flexibility index (Phi) is 9.88. The number of urea groups is 1. The monoisotopic (exact) mass is 526 g/mol. The van der Waals surface area contributed by atoms with Crippen molar-refractivity contribution in [2.75, 3.05) is 11.9 Å². The highest BCUT2D eigenvalue weighted by molar-refractivity contribution is 7.20. The van der Waals surface area contributed by atoms with Crippen LogP contribution in [0.25, 0.3) is 16.5 Å². The third-order valence-electron chi connectivity index (χ3n) is 6.46. The maximum Gasteiger partial charge on any atom is 0.323 e. The van der Waals surface area contributed by atoms with Gasteiger partial charge >= 0.3 is 12.0 Å². The Morgan fingerprint density at radius 2 is 1.76 bits per heavy atom. The van der Waals surface area contributed by atoms with Gasteiger partial charge in [-0.25, -0.2) is 4.79 Å². The summed E-state index contributed by atoms with van der Waals surface area (Å²) in [6, 6.07) is 4.67. The number of aryl methyl sites for hydroxylation is 2. The number of esters is 1. The molecule has 0 bridgehead atoms. The van der Waals surface area contributed by atoms with Gasteiger partial charge in [0, 0.05) is 11.4 Å². The van der Waals surface area contributed by atoms with Crippen LogP contribution in [-0.2, 0) is 9.53 Å². The van der Waals surface area contributed by atoms with Crippen molar-refractivity contribution >= 4 is 40.3 Å². The zero-order valence-corrected chi connectivity index (χ0v) is 22.9. The van der Waals surface area contributed by atoms with E-state index in [4.69, 9.17) is 16.2 Å². The summed E-state index contributed by atoms with van der Waals surface area (Å²) in [7, 11) is 0. The Hall–Kier alpha value is -3.17. The first-order valence-corrected chi connectivity index (χ1v) is 13.6. The van der Waals surface area contributed by atoms with Gasteiger partial charge in [-0.05, 0) is 80.2 Å². The van der Waals surface area contributed by atoms with Crippen molar-refractivity contribution in [3.05, 3.63) is 46.5 Å². The highest BCUT2D eigenvalue weighted by Crippen LogP contribution is 2.37. The van der Waals surface area contributed by atoms with E-state index in [0.29, 0.717) is 17.5 Å². The van der Waals surface area contributed by atoms with Crippen LogP contribution in [0.2, 0.25) is 0 Å². The molecule has 1 saturated carbocycles. The lowest BCUT2D eigenvalue weighted by atomic mass is 9.98. The second-order valence-corrected chi connectivity index (χ2v) is 11.1. The Balaban J connectivity index is 1.70. The predicted octanol–water partition coefficient (Wildman–Crippen LogP) is 5.12. The van der Waals surface area contributed by atoms with E-state index in [1.54, 1.807) is 6.07 Å². The Labute approximate surface area is 222 Å². The van der Waals surface area contributed by atoms with Crippen molar-refractivity contribution in [1.82, 2.24) is 5.32 Å². The molecular formula is C28H38N4O4S. The molecule has 6 N–H and O–H groups in total. The minimum Gasteiger partial charge on any atom is -0.461 e. The number of carbonyl (C=O) groups is 3. The number of ether oxygens (including phenoxy) is 1. The minimum absolute atomic E-state index is 0.0633. The molecule has 0 radical (unpaired) electrons. The van der Waals surface area contributed by atoms with E-state index in [1.165, 1.54) is 11.3 Å². The lowest BCUT2D eigenvalue weighted by Crippen LogP contribution is -2.40. The van der Waals surface area contributed by atoms with Gasteiger partial charge < -0.3 is 21.5 Å². The Bertz CT molecular complexity index is 1140. The molecule has 1 aromatic heterocycles. The van der Waals surface area contributed by atoms with Gasteiger partial charge in [0.1, 0.15) is 17.1 Å². The molecule has 1 heterocycles. The summed E-state index contributed by atoms with van der Waals surface area (Å²) in [5.74, 6) is -0.405. The Morgan fingerprint density at radius 3 is 2.32 bits per heavy atom. The summed E-state index contributed by atoms with van der Waals surface area (Å²) >= 11 is 1.25. The predicted molar refractivity (Wildman–Crippen MR) is 150 cm³/mol. The van der Waals surface area contributed by atoms with Crippen molar-refractivity contribution < 1.29 is 19.1 Å². The van der Waals surface area contributed by atoms with E-state index < -0.39 is 11.9 Å². The smallest absolute Gasteiger partial charge is 0.323 e. The number of carbonyl (C=O) groups excluding carboxylic acids is 3. The average Bonchev–Trinajstić information content (AvgIpc) is 3.46. The molecule has 1 aliphatic carbocycles. The van der Waals surface area contributed by atoms with Gasteiger partial charge in [-0.1, -0.05) is 38.1 Å². The third-order valence-corrected chi connectivity index (χ3v) is 7.56. The summed E-state index contributed by atoms with van der Waals surface area (Å²) in [6.07, 6.45) is 9.06. The van der Waals surface area contributed by atoms with Crippen molar-refractivity contribution in [1.29, 1.82) is 0 Å². The zero-order chi connectivity index (χ0) is 27.1. The quantitative estimate of drug-likeness (QED) is 0.301. The summed E-state index contributed by atoms with van der Waals surface area (Å²) < 4.78 is 5.75. The van der Waals surface area contributed by atoms with Gasteiger partial charge in [-0.3, -0.25) is 14.9 Å². The van der Waals surface area contributed by atoms with E-state index in [9.17, 15) is 14.4 Å². The lowest BCUT2D eigenvalue weighted by molar-refractivity contribution is -0.151. The van der Waals surface area contributed by atoms with Gasteiger partial charge in [0.2, 0.25) is 0 Å². The maximum absolute atomic E-state index is 12.7. The molecule has 2 aromatic rings. The van der Waals surface area contributed by atoms with Crippen LogP contribution in [0, 0.1) is 19.8 Å². The van der Waals surface area contributed by atoms with Gasteiger partial charge in [0.15, 0.2) is 0 Å². The van der Waals surface area contributed by atoms with Crippen molar-refractivity contribution in [3.8, 4) is 10.4 Å². The SMILES string of the molecule is Cc1cc(-c2cc(C(N)=O)c(NC(N)=O)s2)cc(C)c1/C=C/CN[C@@H](CC(C)C)C(=O)OC1CCCC1. The van der Waals surface area contributed by atoms with E-state index in [1.807, 2.05) is 32.1 Å². The first kappa shape index (κ1) is 28.4. The number of hydrogen-bond donors (Lipinski definition) is 4. The normalized spacial score (nSPS) is 14.8. The van der Waals surface area contributed by atoms with Crippen molar-refractivity contribution in [2.45, 2.75) is 71.9 Å². The minimum atomic E-state index is -0.750. The van der Waals surface area contributed by atoms with Crippen molar-refractivity contribution in [3.63, 3.8) is 0 Å². The molecule has 0 saturated heterocycles. The molecule has 1 aliphatic rings. The summed E-state index contributed by atoms with van der Waals surface area (Å²) in [4.78, 5) is 36.7. The molecule has 0 aliphatic heterocycles. The van der Waals surface area contributed by atoms with E-state index in [0.717, 1.165) is 59.2 Å². The van der Waals surface area contributed by atoms with Gasteiger partial charge in [-0.2, -0.15) is 0 Å². The molecule has 3 amide bonds. The molecule has 200 valence electrons. The Morgan fingerprint density at radius 1 is 1.11 bits per heavy atom. The van der Waals surface area contributed by atoms with Crippen LogP contribution >= 0.6 is 11.3 Å². The number of hydrogen-bond acceptors (Lipinski definition) is 6. The lowest BCUT2D eigenvalue weighted by Gasteiger charge is -2.21. The number of benzene rings is 1. The number of amides is 3. The van der Waals surface area contributed by atoms with Crippen molar-refractivity contribution in [2.24, 2.45) is 17.4 Å². The molecule has 1 aromatic carbocycles. The molecule has 37 heavy (non-hydrogen) atoms. The third kappa shape index (κ3) is 7.90. The van der Waals surface area contributed by atoms with E-state index in [-0.39, 0.29) is 23.7 Å². The highest BCUT2D eigenvalue weighted by Gasteiger charge is 2.25. The molecule has 8 nitrogen and oxygen atoms in total. The van der Waals surface area contributed by atoms with Gasteiger partial charge in [-0.15, -0.1) is 11.3 Å². The van der Waals surface area contributed by atoms with Crippen LogP contribution < -0.4 is 22.1 Å². The summed E-state index contributed by atoms with van der Waals surface area (Å²) in [6.45, 7) is 8.81. The largest absolute Gasteiger partial charge is 0.461 e. The fourth-order valence-corrected chi connectivity index (χ4v) is 5.73. The number of primary amides is 2. The highest BCUT2D eigenvalue weighted by atomic mass is 32.1. The zero-order valence-electron chi connectivity index (χ0n) is 22.1. The van der Waals surface area contributed by atoms with E-state index >= 15 is 0 Å². The van der Waals surface area contributed by atoms with E-state index in [2.05, 4.69) is 30.6 Å². The number of nitrogens with two attached hydrogens (primary N) is 2. The molecule has 0 spiro atoms. The van der Waals surface area contributed by atoms with Crippen LogP contribution in [0.15, 0.2) is 24.3 Å². The fourth-order valence-electron chi connectivity index (χ4n) is 4.67. The van der Waals surface area contributed by atoms with Crippen LogP contribution in [-0.4, -0.2) is 36.6 Å². The first-order chi connectivity index (χ1) is 17.5. The van der Waals surface area contributed by atoms with Gasteiger partial charge in [0.05, 0.1) is 5.56 Å². The second-order valence-electron chi connectivity index (χ2n) is 10.1. The first-order valence-electron chi connectivity index (χ1n) is 12.8.